The van der Waals surface area contributed by atoms with Crippen LogP contribution in [0.3, 0.4) is 0 Å². The van der Waals surface area contributed by atoms with E-state index in [1.807, 2.05) is 0 Å². The van der Waals surface area contributed by atoms with E-state index in [2.05, 4.69) is 4.74 Å². The Hall–Kier alpha value is -2.96. The maximum Gasteiger partial charge on any atom is 0.573 e. The summed E-state index contributed by atoms with van der Waals surface area (Å²) in [5, 5.41) is 0.363. The van der Waals surface area contributed by atoms with Crippen molar-refractivity contribution in [3.05, 3.63) is 77.8 Å². The predicted molar refractivity (Wildman–Crippen MR) is 120 cm³/mol. The standard InChI is InChI=1S/C21H16ClF3N2O5S2/c22-15-5-9-17(10-6-15)33(28,29)26-13-14-27(20-4-2-1-3-19(20)26)34(30,31)18-11-7-16(8-12-18)32-21(23,24)25/h1-12H,13-14H2. The summed E-state index contributed by atoms with van der Waals surface area (Å²) in [7, 11) is -8.24. The Morgan fingerprint density at radius 3 is 1.53 bits per heavy atom. The summed E-state index contributed by atoms with van der Waals surface area (Å²) in [5.74, 6) is -0.564. The number of hydrogen-bond acceptors (Lipinski definition) is 5. The van der Waals surface area contributed by atoms with Gasteiger partial charge in [-0.15, -0.1) is 13.2 Å². The summed E-state index contributed by atoms with van der Waals surface area (Å²) in [5.41, 5.74) is 0.256. The molecule has 0 aliphatic carbocycles. The first-order chi connectivity index (χ1) is 15.9. The van der Waals surface area contributed by atoms with E-state index < -0.39 is 32.2 Å². The van der Waals surface area contributed by atoms with E-state index in [1.54, 1.807) is 12.1 Å². The van der Waals surface area contributed by atoms with Gasteiger partial charge in [0.1, 0.15) is 5.75 Å². The van der Waals surface area contributed by atoms with E-state index in [0.717, 1.165) is 32.9 Å². The lowest BCUT2D eigenvalue weighted by Crippen LogP contribution is -2.46. The second-order valence-corrected chi connectivity index (χ2v) is 11.3. The zero-order chi connectivity index (χ0) is 24.7. The van der Waals surface area contributed by atoms with Crippen molar-refractivity contribution in [1.29, 1.82) is 0 Å². The molecule has 1 aliphatic heterocycles. The molecule has 0 saturated heterocycles. The highest BCUT2D eigenvalue weighted by molar-refractivity contribution is 7.93. The predicted octanol–water partition coefficient (Wildman–Crippen LogP) is 4.64. The average molecular weight is 533 g/mol. The summed E-state index contributed by atoms with van der Waals surface area (Å²) in [6.07, 6.45) is -4.91. The number of anilines is 2. The minimum atomic E-state index is -4.91. The van der Waals surface area contributed by atoms with Crippen molar-refractivity contribution in [3.63, 3.8) is 0 Å². The smallest absolute Gasteiger partial charge is 0.406 e. The molecule has 3 aromatic carbocycles. The average Bonchev–Trinajstić information content (AvgIpc) is 2.78. The first kappa shape index (κ1) is 24.2. The zero-order valence-corrected chi connectivity index (χ0v) is 19.5. The lowest BCUT2D eigenvalue weighted by molar-refractivity contribution is -0.274. The van der Waals surface area contributed by atoms with Crippen molar-refractivity contribution in [2.45, 2.75) is 16.2 Å². The van der Waals surface area contributed by atoms with Crippen LogP contribution in [0, 0.1) is 0 Å². The van der Waals surface area contributed by atoms with E-state index in [0.29, 0.717) is 5.02 Å². The summed E-state index contributed by atoms with van der Waals surface area (Å²) >= 11 is 5.85. The van der Waals surface area contributed by atoms with E-state index in [4.69, 9.17) is 11.6 Å². The van der Waals surface area contributed by atoms with Gasteiger partial charge in [0.2, 0.25) is 0 Å². The molecule has 0 fully saturated rings. The second-order valence-electron chi connectivity index (χ2n) is 7.12. The van der Waals surface area contributed by atoms with Gasteiger partial charge in [-0.3, -0.25) is 8.61 Å². The summed E-state index contributed by atoms with van der Waals surface area (Å²) in [6, 6.07) is 15.4. The number of sulfonamides is 2. The third-order valence-electron chi connectivity index (χ3n) is 4.97. The topological polar surface area (TPSA) is 84.0 Å². The van der Waals surface area contributed by atoms with Crippen LogP contribution in [0.4, 0.5) is 24.5 Å². The normalized spacial score (nSPS) is 14.6. The first-order valence-electron chi connectivity index (χ1n) is 9.65. The van der Waals surface area contributed by atoms with Crippen molar-refractivity contribution >= 4 is 43.0 Å². The zero-order valence-electron chi connectivity index (χ0n) is 17.1. The molecule has 13 heteroatoms. The highest BCUT2D eigenvalue weighted by Crippen LogP contribution is 2.39. The number of para-hydroxylation sites is 2. The molecule has 0 bridgehead atoms. The fourth-order valence-electron chi connectivity index (χ4n) is 3.48. The van der Waals surface area contributed by atoms with Crippen LogP contribution in [0.5, 0.6) is 5.75 Å². The monoisotopic (exact) mass is 532 g/mol. The molecule has 0 spiro atoms. The molecule has 0 atom stereocenters. The minimum Gasteiger partial charge on any atom is -0.406 e. The van der Waals surface area contributed by atoms with Crippen LogP contribution in [0.1, 0.15) is 0 Å². The van der Waals surface area contributed by atoms with Crippen molar-refractivity contribution in [2.75, 3.05) is 21.7 Å². The Bertz CT molecular complexity index is 1410. The van der Waals surface area contributed by atoms with Crippen molar-refractivity contribution < 1.29 is 34.7 Å². The van der Waals surface area contributed by atoms with Gasteiger partial charge >= 0.3 is 6.36 Å². The SMILES string of the molecule is O=S(=O)(c1ccc(Cl)cc1)N1CCN(S(=O)(=O)c2ccc(OC(F)(F)F)cc2)c2ccccc21. The van der Waals surface area contributed by atoms with Gasteiger partial charge in [0.05, 0.1) is 34.3 Å². The third-order valence-corrected chi connectivity index (χ3v) is 8.88. The summed E-state index contributed by atoms with van der Waals surface area (Å²) < 4.78 is 96.2. The van der Waals surface area contributed by atoms with Gasteiger partial charge in [-0.2, -0.15) is 0 Å². The molecule has 0 amide bonds. The molecule has 7 nitrogen and oxygen atoms in total. The molecule has 1 heterocycles. The fraction of sp³-hybridized carbons (Fsp3) is 0.143. The van der Waals surface area contributed by atoms with Gasteiger partial charge in [-0.1, -0.05) is 23.7 Å². The van der Waals surface area contributed by atoms with Gasteiger partial charge < -0.3 is 4.74 Å². The lowest BCUT2D eigenvalue weighted by Gasteiger charge is -2.37. The molecule has 180 valence electrons. The maximum absolute atomic E-state index is 13.3. The largest absolute Gasteiger partial charge is 0.573 e. The van der Waals surface area contributed by atoms with Gasteiger partial charge in [0.15, 0.2) is 0 Å². The molecule has 0 unspecified atom stereocenters. The number of rotatable bonds is 5. The fourth-order valence-corrected chi connectivity index (χ4v) is 6.55. The number of benzene rings is 3. The molecule has 0 aromatic heterocycles. The molecular weight excluding hydrogens is 517 g/mol. The van der Waals surface area contributed by atoms with Crippen LogP contribution in [-0.2, 0) is 20.0 Å². The second kappa shape index (κ2) is 8.67. The Morgan fingerprint density at radius 1 is 0.706 bits per heavy atom. The van der Waals surface area contributed by atoms with Crippen LogP contribution in [-0.4, -0.2) is 36.3 Å². The van der Waals surface area contributed by atoms with Crippen LogP contribution in [0.25, 0.3) is 0 Å². The number of hydrogen-bond donors (Lipinski definition) is 0. The van der Waals surface area contributed by atoms with E-state index >= 15 is 0 Å². The first-order valence-corrected chi connectivity index (χ1v) is 12.9. The maximum atomic E-state index is 13.3. The molecule has 4 rings (SSSR count). The Morgan fingerprint density at radius 2 is 1.12 bits per heavy atom. The van der Waals surface area contributed by atoms with E-state index in [1.165, 1.54) is 36.4 Å². The molecule has 0 saturated carbocycles. The molecule has 34 heavy (non-hydrogen) atoms. The van der Waals surface area contributed by atoms with Crippen molar-refractivity contribution in [3.8, 4) is 5.75 Å². The number of alkyl halides is 3. The molecule has 3 aromatic rings. The number of fused-ring (bicyclic) bond motifs is 1. The Labute approximate surface area is 199 Å². The highest BCUT2D eigenvalue weighted by Gasteiger charge is 2.37. The van der Waals surface area contributed by atoms with Crippen LogP contribution >= 0.6 is 11.6 Å². The van der Waals surface area contributed by atoms with Crippen molar-refractivity contribution in [1.82, 2.24) is 0 Å². The number of ether oxygens (including phenoxy) is 1. The molecule has 0 N–H and O–H groups in total. The minimum absolute atomic E-state index is 0.0109. The summed E-state index contributed by atoms with van der Waals surface area (Å²) in [4.78, 5) is -0.283. The molecular formula is C21H16ClF3N2O5S2. The number of halogens is 4. The van der Waals surface area contributed by atoms with Gasteiger partial charge in [0, 0.05) is 5.02 Å². The highest BCUT2D eigenvalue weighted by atomic mass is 35.5. The van der Waals surface area contributed by atoms with E-state index in [9.17, 15) is 30.0 Å². The Kier molecular flexibility index (Phi) is 6.17. The van der Waals surface area contributed by atoms with Crippen molar-refractivity contribution in [2.24, 2.45) is 0 Å². The van der Waals surface area contributed by atoms with Gasteiger partial charge in [-0.05, 0) is 60.7 Å². The third kappa shape index (κ3) is 4.65. The summed E-state index contributed by atoms with van der Waals surface area (Å²) in [6.45, 7) is -0.399. The molecule has 1 aliphatic rings. The number of nitrogens with zero attached hydrogens (tertiary/aromatic N) is 2. The van der Waals surface area contributed by atoms with Gasteiger partial charge in [-0.25, -0.2) is 16.8 Å². The lowest BCUT2D eigenvalue weighted by atomic mass is 10.2. The molecule has 0 radical (unpaired) electrons. The van der Waals surface area contributed by atoms with Crippen LogP contribution in [0.2, 0.25) is 5.02 Å². The van der Waals surface area contributed by atoms with Gasteiger partial charge in [0.25, 0.3) is 20.0 Å². The van der Waals surface area contributed by atoms with E-state index in [-0.39, 0.29) is 34.3 Å². The van der Waals surface area contributed by atoms with Crippen LogP contribution < -0.4 is 13.3 Å². The van der Waals surface area contributed by atoms with Crippen LogP contribution in [0.15, 0.2) is 82.6 Å². The quantitative estimate of drug-likeness (QED) is 0.478. The Balaban J connectivity index is 1.70.